The van der Waals surface area contributed by atoms with Crippen LogP contribution in [0.15, 0.2) is 100 Å². The standard InChI is InChI=1S/C22H16N4/c1-2-10-18(11-3-1)22(15-17-9-5-7-13-20(17)24-22)26-25-21-14-16-8-4-6-12-19(16)23-21/h1-15,23H. The Hall–Kier alpha value is -3.53. The van der Waals surface area contributed by atoms with E-state index < -0.39 is 5.66 Å². The lowest BCUT2D eigenvalue weighted by atomic mass is 10.0. The zero-order valence-corrected chi connectivity index (χ0v) is 14.0. The smallest absolute Gasteiger partial charge is 0.216 e. The molecule has 1 unspecified atom stereocenters. The second-order valence-corrected chi connectivity index (χ2v) is 6.35. The summed E-state index contributed by atoms with van der Waals surface area (Å²) in [6.07, 6.45) is 2.07. The molecule has 4 nitrogen and oxygen atoms in total. The van der Waals surface area contributed by atoms with E-state index in [4.69, 9.17) is 4.99 Å². The Bertz CT molecular complexity index is 1170. The second kappa shape index (κ2) is 5.77. The molecule has 0 bridgehead atoms. The number of hydrogen-bond donors (Lipinski definition) is 1. The Labute approximate surface area is 150 Å². The van der Waals surface area contributed by atoms with Crippen molar-refractivity contribution in [1.82, 2.24) is 4.98 Å². The predicted octanol–water partition coefficient (Wildman–Crippen LogP) is 4.22. The van der Waals surface area contributed by atoms with Gasteiger partial charge in [-0.25, -0.2) is 4.99 Å². The molecule has 1 atom stereocenters. The van der Waals surface area contributed by atoms with Crippen LogP contribution in [0.25, 0.3) is 17.0 Å². The van der Waals surface area contributed by atoms with E-state index in [0.29, 0.717) is 0 Å². The van der Waals surface area contributed by atoms with Gasteiger partial charge in [-0.05, 0) is 24.3 Å². The number of H-pyrrole nitrogens is 1. The molecule has 0 fully saturated rings. The van der Waals surface area contributed by atoms with Gasteiger partial charge in [-0.1, -0.05) is 66.7 Å². The summed E-state index contributed by atoms with van der Waals surface area (Å²) >= 11 is 0. The lowest BCUT2D eigenvalue weighted by molar-refractivity contribution is 0.596. The van der Waals surface area contributed by atoms with E-state index in [-0.39, 0.29) is 0 Å². The lowest BCUT2D eigenvalue weighted by Gasteiger charge is -2.18. The summed E-state index contributed by atoms with van der Waals surface area (Å²) in [5.41, 5.74) is 1.21. The van der Waals surface area contributed by atoms with Gasteiger partial charge in [-0.3, -0.25) is 0 Å². The molecule has 2 heterocycles. The van der Waals surface area contributed by atoms with Crippen LogP contribution in [0.2, 0.25) is 0 Å². The highest BCUT2D eigenvalue weighted by molar-refractivity contribution is 5.82. The molecule has 0 saturated carbocycles. The van der Waals surface area contributed by atoms with Gasteiger partial charge in [-0.15, -0.1) is 10.2 Å². The predicted molar refractivity (Wildman–Crippen MR) is 103 cm³/mol. The minimum absolute atomic E-state index is 0.723. The summed E-state index contributed by atoms with van der Waals surface area (Å²) in [7, 11) is 0. The molecule has 0 radical (unpaired) electrons. The Morgan fingerprint density at radius 1 is 0.808 bits per heavy atom. The number of aromatic amines is 1. The molecule has 4 heteroatoms. The second-order valence-electron chi connectivity index (χ2n) is 6.35. The van der Waals surface area contributed by atoms with Crippen LogP contribution in [-0.4, -0.2) is 4.98 Å². The van der Waals surface area contributed by atoms with E-state index in [2.05, 4.69) is 33.4 Å². The van der Waals surface area contributed by atoms with E-state index in [0.717, 1.165) is 32.9 Å². The van der Waals surface area contributed by atoms with Crippen molar-refractivity contribution in [3.63, 3.8) is 0 Å². The largest absolute Gasteiger partial charge is 0.338 e. The minimum Gasteiger partial charge on any atom is -0.338 e. The number of aromatic nitrogens is 1. The van der Waals surface area contributed by atoms with Crippen LogP contribution in [0.3, 0.4) is 0 Å². The van der Waals surface area contributed by atoms with E-state index >= 15 is 0 Å². The highest BCUT2D eigenvalue weighted by Crippen LogP contribution is 2.32. The van der Waals surface area contributed by atoms with E-state index in [9.17, 15) is 0 Å². The number of benzene rings is 3. The topological polar surface area (TPSA) is 52.9 Å². The summed E-state index contributed by atoms with van der Waals surface area (Å²) in [5.74, 6) is 0.723. The van der Waals surface area contributed by atoms with Crippen molar-refractivity contribution in [2.45, 2.75) is 5.66 Å². The number of rotatable bonds is 3. The van der Waals surface area contributed by atoms with Gasteiger partial charge in [0, 0.05) is 21.7 Å². The summed E-state index contributed by atoms with van der Waals surface area (Å²) < 4.78 is 0. The van der Waals surface area contributed by atoms with Crippen molar-refractivity contribution < 1.29 is 0 Å². The third-order valence-electron chi connectivity index (χ3n) is 4.61. The van der Waals surface area contributed by atoms with E-state index in [1.165, 1.54) is 0 Å². The molecular weight excluding hydrogens is 320 g/mol. The molecule has 0 spiro atoms. The Morgan fingerprint density at radius 2 is 1.58 bits per heavy atom. The molecule has 3 aromatic carbocycles. The molecular formula is C22H16N4. The van der Waals surface area contributed by atoms with Gasteiger partial charge in [0.25, 0.3) is 0 Å². The third kappa shape index (κ3) is 2.43. The minimum atomic E-state index is -0.831. The number of nitrogens with zero attached hydrogens (tertiary/aromatic N) is 3. The van der Waals surface area contributed by atoms with Crippen molar-refractivity contribution in [2.75, 3.05) is 0 Å². The van der Waals surface area contributed by atoms with Gasteiger partial charge >= 0.3 is 0 Å². The molecule has 124 valence electrons. The fourth-order valence-electron chi connectivity index (χ4n) is 3.33. The molecule has 1 N–H and O–H groups in total. The van der Waals surface area contributed by atoms with Crippen LogP contribution in [0.1, 0.15) is 5.56 Å². The van der Waals surface area contributed by atoms with Gasteiger partial charge in [0.15, 0.2) is 5.82 Å². The van der Waals surface area contributed by atoms with Gasteiger partial charge in [0.05, 0.1) is 5.36 Å². The van der Waals surface area contributed by atoms with Crippen LogP contribution >= 0.6 is 0 Å². The summed E-state index contributed by atoms with van der Waals surface area (Å²) in [5, 5.41) is 12.3. The van der Waals surface area contributed by atoms with E-state index in [1.54, 1.807) is 0 Å². The Kier molecular flexibility index (Phi) is 3.28. The monoisotopic (exact) mass is 336 g/mol. The maximum Gasteiger partial charge on any atom is 0.216 e. The average Bonchev–Trinajstić information content (AvgIpc) is 3.28. The van der Waals surface area contributed by atoms with Crippen LogP contribution < -0.4 is 10.6 Å². The van der Waals surface area contributed by atoms with Crippen LogP contribution in [-0.2, 0) is 5.66 Å². The van der Waals surface area contributed by atoms with Crippen LogP contribution in [0.4, 0.5) is 5.82 Å². The number of fused-ring (bicyclic) bond motifs is 2. The van der Waals surface area contributed by atoms with Gasteiger partial charge in [0.2, 0.25) is 5.66 Å². The Balaban J connectivity index is 1.65. The molecule has 0 aliphatic carbocycles. The van der Waals surface area contributed by atoms with Crippen molar-refractivity contribution in [1.29, 1.82) is 0 Å². The number of nitrogens with one attached hydrogen (secondary N) is 1. The molecule has 1 aliphatic heterocycles. The van der Waals surface area contributed by atoms with Gasteiger partial charge < -0.3 is 4.98 Å². The highest BCUT2D eigenvalue weighted by Gasteiger charge is 2.31. The number of hydrogen-bond acceptors (Lipinski definition) is 3. The molecule has 1 aliphatic rings. The first-order valence-electron chi connectivity index (χ1n) is 8.56. The summed E-state index contributed by atoms with van der Waals surface area (Å²) in [6.45, 7) is 0. The fraction of sp³-hybridized carbons (Fsp3) is 0.0455. The zero-order chi connectivity index (χ0) is 17.4. The first-order chi connectivity index (χ1) is 12.8. The van der Waals surface area contributed by atoms with Crippen molar-refractivity contribution in [2.24, 2.45) is 15.2 Å². The molecule has 26 heavy (non-hydrogen) atoms. The molecule has 1 aromatic heterocycles. The van der Waals surface area contributed by atoms with Crippen molar-refractivity contribution in [3.8, 4) is 0 Å². The van der Waals surface area contributed by atoms with Crippen LogP contribution in [0.5, 0.6) is 0 Å². The lowest BCUT2D eigenvalue weighted by Crippen LogP contribution is -2.19. The highest BCUT2D eigenvalue weighted by atomic mass is 15.3. The van der Waals surface area contributed by atoms with E-state index in [1.807, 2.05) is 72.8 Å². The maximum absolute atomic E-state index is 4.89. The number of azo groups is 1. The molecule has 4 aromatic rings. The van der Waals surface area contributed by atoms with Gasteiger partial charge in [0.1, 0.15) is 0 Å². The van der Waals surface area contributed by atoms with Crippen molar-refractivity contribution >= 4 is 22.8 Å². The summed E-state index contributed by atoms with van der Waals surface area (Å²) in [6, 6.07) is 28.2. The SMILES string of the molecule is C1=c2ccccc2=NC1(N=Nc1cc2ccccc2[nH]1)c1ccccc1. The van der Waals surface area contributed by atoms with Gasteiger partial charge in [-0.2, -0.15) is 0 Å². The quantitative estimate of drug-likeness (QED) is 0.545. The summed E-state index contributed by atoms with van der Waals surface area (Å²) in [4.78, 5) is 8.19. The fourth-order valence-corrected chi connectivity index (χ4v) is 3.33. The Morgan fingerprint density at radius 3 is 2.42 bits per heavy atom. The molecule has 5 rings (SSSR count). The van der Waals surface area contributed by atoms with Crippen molar-refractivity contribution in [3.05, 3.63) is 101 Å². The maximum atomic E-state index is 4.89. The third-order valence-corrected chi connectivity index (χ3v) is 4.61. The molecule has 0 saturated heterocycles. The average molecular weight is 336 g/mol. The van der Waals surface area contributed by atoms with Crippen LogP contribution in [0, 0.1) is 0 Å². The first kappa shape index (κ1) is 14.8. The normalized spacial score (nSPS) is 18.6. The molecule has 0 amide bonds. The number of para-hydroxylation sites is 2. The zero-order valence-electron chi connectivity index (χ0n) is 14.0. The first-order valence-corrected chi connectivity index (χ1v) is 8.56.